The van der Waals surface area contributed by atoms with Crippen LogP contribution in [-0.2, 0) is 0 Å². The quantitative estimate of drug-likeness (QED) is 0.785. The molecule has 1 saturated carbocycles. The lowest BCUT2D eigenvalue weighted by molar-refractivity contribution is 0.0944. The SMILES string of the molecule is COc1c(NC(C)C2CC2)sc(C(=O)C(C)C)c1N. The van der Waals surface area contributed by atoms with E-state index in [0.29, 0.717) is 22.4 Å². The third-order valence-electron chi connectivity index (χ3n) is 3.54. The number of nitrogens with one attached hydrogen (secondary N) is 1. The Morgan fingerprint density at radius 2 is 2.05 bits per heavy atom. The lowest BCUT2D eigenvalue weighted by atomic mass is 10.1. The van der Waals surface area contributed by atoms with Crippen LogP contribution in [0.4, 0.5) is 10.7 Å². The first-order valence-electron chi connectivity index (χ1n) is 6.72. The molecule has 0 amide bonds. The molecule has 2 rings (SSSR count). The first kappa shape index (κ1) is 14.2. The smallest absolute Gasteiger partial charge is 0.177 e. The first-order chi connectivity index (χ1) is 8.95. The fourth-order valence-corrected chi connectivity index (χ4v) is 3.37. The number of Topliss-reactive ketones (excluding diaryl/α,β-unsaturated/α-hetero) is 1. The molecule has 19 heavy (non-hydrogen) atoms. The molecule has 4 nitrogen and oxygen atoms in total. The zero-order chi connectivity index (χ0) is 14.2. The second-order valence-electron chi connectivity index (χ2n) is 5.50. The Bertz CT molecular complexity index is 478. The van der Waals surface area contributed by atoms with Crippen molar-refractivity contribution in [3.8, 4) is 5.75 Å². The number of hydrogen-bond donors (Lipinski definition) is 2. The van der Waals surface area contributed by atoms with Gasteiger partial charge in [0.25, 0.3) is 0 Å². The first-order valence-corrected chi connectivity index (χ1v) is 7.54. The maximum Gasteiger partial charge on any atom is 0.177 e. The van der Waals surface area contributed by atoms with Gasteiger partial charge in [0.1, 0.15) is 5.00 Å². The van der Waals surface area contributed by atoms with Crippen LogP contribution < -0.4 is 15.8 Å². The molecule has 1 unspecified atom stereocenters. The third kappa shape index (κ3) is 2.86. The van der Waals surface area contributed by atoms with Crippen molar-refractivity contribution in [2.75, 3.05) is 18.2 Å². The number of methoxy groups -OCH3 is 1. The van der Waals surface area contributed by atoms with Crippen LogP contribution in [0.2, 0.25) is 0 Å². The molecular weight excluding hydrogens is 260 g/mol. The van der Waals surface area contributed by atoms with Crippen molar-refractivity contribution in [2.24, 2.45) is 11.8 Å². The number of ketones is 1. The molecule has 0 spiro atoms. The number of nitrogen functional groups attached to an aromatic ring is 1. The van der Waals surface area contributed by atoms with Crippen LogP contribution in [0.25, 0.3) is 0 Å². The highest BCUT2D eigenvalue weighted by molar-refractivity contribution is 7.19. The molecule has 1 aliphatic rings. The van der Waals surface area contributed by atoms with E-state index in [9.17, 15) is 4.79 Å². The van der Waals surface area contributed by atoms with E-state index in [-0.39, 0.29) is 11.7 Å². The Balaban J connectivity index is 2.27. The minimum absolute atomic E-state index is 0.0561. The van der Waals surface area contributed by atoms with Crippen LogP contribution in [0, 0.1) is 11.8 Å². The van der Waals surface area contributed by atoms with E-state index in [1.165, 1.54) is 24.2 Å². The van der Waals surface area contributed by atoms with Gasteiger partial charge < -0.3 is 15.8 Å². The van der Waals surface area contributed by atoms with Gasteiger partial charge >= 0.3 is 0 Å². The molecule has 0 saturated heterocycles. The van der Waals surface area contributed by atoms with Crippen LogP contribution >= 0.6 is 11.3 Å². The van der Waals surface area contributed by atoms with Gasteiger partial charge in [0.15, 0.2) is 11.5 Å². The molecule has 1 aromatic rings. The van der Waals surface area contributed by atoms with Crippen molar-refractivity contribution < 1.29 is 9.53 Å². The highest BCUT2D eigenvalue weighted by Crippen LogP contribution is 2.45. The largest absolute Gasteiger partial charge is 0.492 e. The summed E-state index contributed by atoms with van der Waals surface area (Å²) in [5.74, 6) is 1.37. The molecule has 3 N–H and O–H groups in total. The summed E-state index contributed by atoms with van der Waals surface area (Å²) in [6.45, 7) is 5.93. The monoisotopic (exact) mass is 282 g/mol. The van der Waals surface area contributed by atoms with E-state index in [1.807, 2.05) is 13.8 Å². The number of carbonyl (C=O) groups excluding carboxylic acids is 1. The van der Waals surface area contributed by atoms with Gasteiger partial charge in [-0.25, -0.2) is 0 Å². The van der Waals surface area contributed by atoms with Gasteiger partial charge in [-0.05, 0) is 25.7 Å². The fraction of sp³-hybridized carbons (Fsp3) is 0.643. The van der Waals surface area contributed by atoms with Crippen molar-refractivity contribution in [3.05, 3.63) is 4.88 Å². The predicted molar refractivity (Wildman–Crippen MR) is 80.3 cm³/mol. The summed E-state index contributed by atoms with van der Waals surface area (Å²) in [6.07, 6.45) is 2.55. The molecule has 0 radical (unpaired) electrons. The van der Waals surface area contributed by atoms with Gasteiger partial charge in [0.05, 0.1) is 17.7 Å². The van der Waals surface area contributed by atoms with E-state index in [4.69, 9.17) is 10.5 Å². The van der Waals surface area contributed by atoms with Gasteiger partial charge in [0.2, 0.25) is 0 Å². The molecule has 0 bridgehead atoms. The predicted octanol–water partition coefficient (Wildman–Crippen LogP) is 3.39. The van der Waals surface area contributed by atoms with Crippen molar-refractivity contribution in [3.63, 3.8) is 0 Å². The second-order valence-corrected chi connectivity index (χ2v) is 6.52. The van der Waals surface area contributed by atoms with Crippen molar-refractivity contribution in [1.82, 2.24) is 0 Å². The summed E-state index contributed by atoms with van der Waals surface area (Å²) in [5, 5.41) is 4.32. The van der Waals surface area contributed by atoms with E-state index in [1.54, 1.807) is 7.11 Å². The zero-order valence-corrected chi connectivity index (χ0v) is 12.8. The highest BCUT2D eigenvalue weighted by atomic mass is 32.1. The van der Waals surface area contributed by atoms with E-state index < -0.39 is 0 Å². The summed E-state index contributed by atoms with van der Waals surface area (Å²) >= 11 is 1.41. The molecule has 1 fully saturated rings. The van der Waals surface area contributed by atoms with Crippen molar-refractivity contribution >= 4 is 27.8 Å². The molecular formula is C14H22N2O2S. The molecule has 106 valence electrons. The average molecular weight is 282 g/mol. The highest BCUT2D eigenvalue weighted by Gasteiger charge is 2.30. The summed E-state index contributed by atoms with van der Waals surface area (Å²) in [5.41, 5.74) is 6.51. The minimum atomic E-state index is -0.0561. The van der Waals surface area contributed by atoms with Gasteiger partial charge in [-0.3, -0.25) is 4.79 Å². The van der Waals surface area contributed by atoms with Crippen LogP contribution in [0.5, 0.6) is 5.75 Å². The Morgan fingerprint density at radius 1 is 1.42 bits per heavy atom. The summed E-state index contributed by atoms with van der Waals surface area (Å²) in [7, 11) is 1.59. The molecule has 1 atom stereocenters. The van der Waals surface area contributed by atoms with Crippen LogP contribution in [-0.4, -0.2) is 18.9 Å². The van der Waals surface area contributed by atoms with Gasteiger partial charge in [-0.15, -0.1) is 11.3 Å². The number of rotatable bonds is 6. The molecule has 0 aromatic carbocycles. The lowest BCUT2D eigenvalue weighted by Crippen LogP contribution is -2.16. The molecule has 1 aromatic heterocycles. The standard InChI is InChI=1S/C14H22N2O2S/c1-7(2)11(17)13-10(15)12(18-4)14(19-13)16-8(3)9-5-6-9/h7-9,16H,5-6,15H2,1-4H3. The number of carbonyl (C=O) groups is 1. The van der Waals surface area contributed by atoms with Gasteiger partial charge in [-0.1, -0.05) is 13.8 Å². The maximum absolute atomic E-state index is 12.1. The molecule has 0 aliphatic heterocycles. The van der Waals surface area contributed by atoms with E-state index >= 15 is 0 Å². The normalized spacial score (nSPS) is 16.5. The minimum Gasteiger partial charge on any atom is -0.492 e. The third-order valence-corrected chi connectivity index (χ3v) is 4.67. The van der Waals surface area contributed by atoms with Crippen molar-refractivity contribution in [1.29, 1.82) is 0 Å². The van der Waals surface area contributed by atoms with Gasteiger partial charge in [0, 0.05) is 12.0 Å². The number of hydrogen-bond acceptors (Lipinski definition) is 5. The number of nitrogens with two attached hydrogens (primary N) is 1. The van der Waals surface area contributed by atoms with Crippen LogP contribution in [0.15, 0.2) is 0 Å². The zero-order valence-electron chi connectivity index (χ0n) is 11.9. The van der Waals surface area contributed by atoms with Gasteiger partial charge in [-0.2, -0.15) is 0 Å². The Kier molecular flexibility index (Phi) is 4.04. The van der Waals surface area contributed by atoms with Crippen LogP contribution in [0.3, 0.4) is 0 Å². The fourth-order valence-electron chi connectivity index (χ4n) is 2.09. The summed E-state index contributed by atoms with van der Waals surface area (Å²) < 4.78 is 5.36. The molecule has 5 heteroatoms. The van der Waals surface area contributed by atoms with E-state index in [0.717, 1.165) is 10.9 Å². The molecule has 1 heterocycles. The second kappa shape index (κ2) is 5.41. The Labute approximate surface area is 118 Å². The lowest BCUT2D eigenvalue weighted by Gasteiger charge is -2.13. The Hall–Kier alpha value is -1.23. The number of ether oxygens (including phenoxy) is 1. The number of anilines is 2. The average Bonchev–Trinajstić information content (AvgIpc) is 3.15. The Morgan fingerprint density at radius 3 is 2.53 bits per heavy atom. The number of thiophene rings is 1. The summed E-state index contributed by atoms with van der Waals surface area (Å²) in [6, 6.07) is 0.397. The van der Waals surface area contributed by atoms with Crippen molar-refractivity contribution in [2.45, 2.75) is 39.7 Å². The van der Waals surface area contributed by atoms with E-state index in [2.05, 4.69) is 12.2 Å². The van der Waals surface area contributed by atoms with Crippen LogP contribution in [0.1, 0.15) is 43.3 Å². The summed E-state index contributed by atoms with van der Waals surface area (Å²) in [4.78, 5) is 12.7. The molecule has 1 aliphatic carbocycles. The maximum atomic E-state index is 12.1. The topological polar surface area (TPSA) is 64.3 Å².